The zero-order valence-electron chi connectivity index (χ0n) is 13.9. The molecule has 2 aromatic rings. The van der Waals surface area contributed by atoms with Crippen LogP contribution in [0, 0.1) is 0 Å². The topological polar surface area (TPSA) is 101 Å². The van der Waals surface area contributed by atoms with Crippen LogP contribution in [0.1, 0.15) is 10.6 Å². The van der Waals surface area contributed by atoms with Crippen LogP contribution in [0.3, 0.4) is 0 Å². The van der Waals surface area contributed by atoms with Gasteiger partial charge >= 0.3 is 0 Å². The summed E-state index contributed by atoms with van der Waals surface area (Å²) in [4.78, 5) is 36.9. The highest BCUT2D eigenvalue weighted by Crippen LogP contribution is 2.16. The van der Waals surface area contributed by atoms with Gasteiger partial charge in [0.1, 0.15) is 5.75 Å². The van der Waals surface area contributed by atoms with Gasteiger partial charge in [-0.05, 0) is 24.3 Å². The Hall–Kier alpha value is -3.29. The third kappa shape index (κ3) is 5.38. The fourth-order valence-electron chi connectivity index (χ4n) is 1.99. The highest BCUT2D eigenvalue weighted by Gasteiger charge is 2.15. The van der Waals surface area contributed by atoms with Gasteiger partial charge in [-0.3, -0.25) is 14.4 Å². The molecule has 2 N–H and O–H groups in total. The van der Waals surface area contributed by atoms with E-state index >= 15 is 0 Å². The number of hydrogen-bond donors (Lipinski definition) is 2. The molecule has 0 aliphatic carbocycles. The van der Waals surface area contributed by atoms with E-state index in [1.807, 2.05) is 0 Å². The maximum atomic E-state index is 12.0. The summed E-state index contributed by atoms with van der Waals surface area (Å²) in [6, 6.07) is 9.95. The minimum Gasteiger partial charge on any atom is -0.497 e. The Balaban J connectivity index is 1.79. The lowest BCUT2D eigenvalue weighted by Crippen LogP contribution is -2.41. The zero-order chi connectivity index (χ0) is 18.2. The quantitative estimate of drug-likeness (QED) is 0.783. The van der Waals surface area contributed by atoms with Crippen molar-refractivity contribution in [3.05, 3.63) is 48.4 Å². The molecule has 0 aliphatic heterocycles. The number of nitrogens with zero attached hydrogens (tertiary/aromatic N) is 1. The fraction of sp³-hybridized carbons (Fsp3) is 0.235. The van der Waals surface area contributed by atoms with Crippen molar-refractivity contribution in [2.45, 2.75) is 0 Å². The van der Waals surface area contributed by atoms with Crippen LogP contribution < -0.4 is 15.4 Å². The summed E-state index contributed by atoms with van der Waals surface area (Å²) in [5, 5.41) is 5.11. The van der Waals surface area contributed by atoms with Crippen LogP contribution in [-0.4, -0.2) is 49.9 Å². The van der Waals surface area contributed by atoms with Crippen molar-refractivity contribution < 1.29 is 23.5 Å². The largest absolute Gasteiger partial charge is 0.497 e. The molecule has 8 nitrogen and oxygen atoms in total. The molecule has 1 aromatic heterocycles. The molecule has 0 unspecified atom stereocenters. The van der Waals surface area contributed by atoms with Crippen molar-refractivity contribution in [2.24, 2.45) is 0 Å². The van der Waals surface area contributed by atoms with Crippen LogP contribution in [0.5, 0.6) is 5.75 Å². The average molecular weight is 345 g/mol. The molecular weight excluding hydrogens is 326 g/mol. The van der Waals surface area contributed by atoms with Gasteiger partial charge in [-0.15, -0.1) is 0 Å². The Kier molecular flexibility index (Phi) is 6.16. The summed E-state index contributed by atoms with van der Waals surface area (Å²) >= 11 is 0. The zero-order valence-corrected chi connectivity index (χ0v) is 13.9. The summed E-state index contributed by atoms with van der Waals surface area (Å²) in [5.41, 5.74) is 0.566. The second-order valence-corrected chi connectivity index (χ2v) is 5.19. The molecule has 0 atom stereocenters. The number of anilines is 1. The van der Waals surface area contributed by atoms with E-state index in [0.29, 0.717) is 11.4 Å². The fourth-order valence-corrected chi connectivity index (χ4v) is 1.99. The Bertz CT molecular complexity index is 743. The van der Waals surface area contributed by atoms with Gasteiger partial charge in [-0.2, -0.15) is 0 Å². The second-order valence-electron chi connectivity index (χ2n) is 5.19. The van der Waals surface area contributed by atoms with Crippen molar-refractivity contribution in [2.75, 3.05) is 32.6 Å². The molecule has 0 radical (unpaired) electrons. The van der Waals surface area contributed by atoms with E-state index in [0.717, 1.165) is 0 Å². The Morgan fingerprint density at radius 1 is 1.20 bits per heavy atom. The predicted molar refractivity (Wildman–Crippen MR) is 90.3 cm³/mol. The number of hydrogen-bond acceptors (Lipinski definition) is 5. The van der Waals surface area contributed by atoms with Crippen molar-refractivity contribution in [1.82, 2.24) is 10.2 Å². The number of nitrogens with one attached hydrogen (secondary N) is 2. The van der Waals surface area contributed by atoms with Crippen LogP contribution in [-0.2, 0) is 9.59 Å². The van der Waals surface area contributed by atoms with Gasteiger partial charge in [-0.25, -0.2) is 0 Å². The first kappa shape index (κ1) is 18.1. The number of carbonyl (C=O) groups is 3. The predicted octanol–water partition coefficient (Wildman–Crippen LogP) is 1.12. The van der Waals surface area contributed by atoms with Gasteiger partial charge in [0.2, 0.25) is 11.8 Å². The lowest BCUT2D eigenvalue weighted by Gasteiger charge is -2.17. The number of furan rings is 1. The lowest BCUT2D eigenvalue weighted by molar-refractivity contribution is -0.132. The number of carbonyl (C=O) groups excluding carboxylic acids is 3. The van der Waals surface area contributed by atoms with Gasteiger partial charge in [-0.1, -0.05) is 6.07 Å². The van der Waals surface area contributed by atoms with Crippen LogP contribution in [0.4, 0.5) is 5.69 Å². The maximum absolute atomic E-state index is 12.0. The minimum absolute atomic E-state index is 0.117. The number of ether oxygens (including phenoxy) is 1. The van der Waals surface area contributed by atoms with Crippen molar-refractivity contribution in [1.29, 1.82) is 0 Å². The Morgan fingerprint density at radius 3 is 2.68 bits per heavy atom. The Labute approximate surface area is 144 Å². The number of amides is 3. The van der Waals surface area contributed by atoms with Crippen molar-refractivity contribution in [3.63, 3.8) is 0 Å². The first-order valence-corrected chi connectivity index (χ1v) is 7.49. The lowest BCUT2D eigenvalue weighted by atomic mass is 10.3. The summed E-state index contributed by atoms with van der Waals surface area (Å²) < 4.78 is 10.0. The normalized spacial score (nSPS) is 10.0. The first-order valence-electron chi connectivity index (χ1n) is 7.49. The van der Waals surface area contributed by atoms with Crippen molar-refractivity contribution >= 4 is 23.4 Å². The number of likely N-dealkylation sites (N-methyl/N-ethyl adjacent to an activating group) is 1. The third-order valence-corrected chi connectivity index (χ3v) is 3.31. The van der Waals surface area contributed by atoms with E-state index in [4.69, 9.17) is 9.15 Å². The molecule has 0 bridgehead atoms. The molecule has 132 valence electrons. The summed E-state index contributed by atoms with van der Waals surface area (Å²) in [5.74, 6) is -0.524. The monoisotopic (exact) mass is 345 g/mol. The molecule has 1 heterocycles. The molecule has 8 heteroatoms. The number of methoxy groups -OCH3 is 1. The molecule has 0 fully saturated rings. The van der Waals surface area contributed by atoms with Crippen LogP contribution in [0.15, 0.2) is 47.1 Å². The highest BCUT2D eigenvalue weighted by atomic mass is 16.5. The molecule has 0 spiro atoms. The molecule has 25 heavy (non-hydrogen) atoms. The summed E-state index contributed by atoms with van der Waals surface area (Å²) in [6.07, 6.45) is 1.37. The summed E-state index contributed by atoms with van der Waals surface area (Å²) in [6.45, 7) is -0.380. The second kappa shape index (κ2) is 8.53. The van der Waals surface area contributed by atoms with E-state index < -0.39 is 11.8 Å². The van der Waals surface area contributed by atoms with Crippen LogP contribution in [0.25, 0.3) is 0 Å². The van der Waals surface area contributed by atoms with E-state index in [1.165, 1.54) is 31.4 Å². The Morgan fingerprint density at radius 2 is 2.00 bits per heavy atom. The van der Waals surface area contributed by atoms with Gasteiger partial charge in [0.25, 0.3) is 5.91 Å². The smallest absolute Gasteiger partial charge is 0.287 e. The summed E-state index contributed by atoms with van der Waals surface area (Å²) in [7, 11) is 3.01. The molecule has 0 saturated heterocycles. The minimum atomic E-state index is -0.493. The highest BCUT2D eigenvalue weighted by molar-refractivity contribution is 5.96. The molecule has 0 saturated carbocycles. The van der Waals surface area contributed by atoms with Crippen LogP contribution >= 0.6 is 0 Å². The standard InChI is InChI=1S/C17H19N3O5/c1-20(16(22)10-18-17(23)14-7-4-8-25-14)11-15(21)19-12-5-3-6-13(9-12)24-2/h3-9H,10-11H2,1-2H3,(H,18,23)(H,19,21). The molecule has 2 rings (SSSR count). The van der Waals surface area contributed by atoms with Gasteiger partial charge < -0.3 is 24.7 Å². The van der Waals surface area contributed by atoms with Crippen LogP contribution in [0.2, 0.25) is 0 Å². The average Bonchev–Trinajstić information content (AvgIpc) is 3.14. The molecule has 1 aromatic carbocycles. The molecular formula is C17H19N3O5. The molecule has 0 aliphatic rings. The van der Waals surface area contributed by atoms with E-state index in [2.05, 4.69) is 10.6 Å². The number of rotatable bonds is 7. The first-order chi connectivity index (χ1) is 12.0. The van der Waals surface area contributed by atoms with E-state index in [-0.39, 0.29) is 24.8 Å². The van der Waals surface area contributed by atoms with E-state index in [9.17, 15) is 14.4 Å². The number of benzene rings is 1. The molecule has 3 amide bonds. The van der Waals surface area contributed by atoms with E-state index in [1.54, 1.807) is 30.3 Å². The van der Waals surface area contributed by atoms with Gasteiger partial charge in [0.15, 0.2) is 5.76 Å². The maximum Gasteiger partial charge on any atom is 0.287 e. The van der Waals surface area contributed by atoms with Crippen molar-refractivity contribution in [3.8, 4) is 5.75 Å². The van der Waals surface area contributed by atoms with Gasteiger partial charge in [0.05, 0.1) is 26.5 Å². The SMILES string of the molecule is COc1cccc(NC(=O)CN(C)C(=O)CNC(=O)c2ccco2)c1. The van der Waals surface area contributed by atoms with Gasteiger partial charge in [0, 0.05) is 18.8 Å². The third-order valence-electron chi connectivity index (χ3n) is 3.31.